The van der Waals surface area contributed by atoms with E-state index in [0.717, 1.165) is 16.7 Å². The standard InChI is InChI=1S/C18H12O3/c19-16-11-10-15(17(20)18(16)21)14-9-5-4-8-13(14)12-6-2-1-3-7-12/h1-11,20H. The summed E-state index contributed by atoms with van der Waals surface area (Å²) in [6, 6.07) is 17.1. The molecular formula is C18H12O3. The number of carbonyl (C=O) groups excluding carboxylic acids is 2. The van der Waals surface area contributed by atoms with Crippen molar-refractivity contribution in [1.29, 1.82) is 0 Å². The van der Waals surface area contributed by atoms with Gasteiger partial charge in [-0.1, -0.05) is 54.6 Å². The lowest BCUT2D eigenvalue weighted by molar-refractivity contribution is -0.133. The Morgan fingerprint density at radius 3 is 2.05 bits per heavy atom. The van der Waals surface area contributed by atoms with E-state index in [2.05, 4.69) is 0 Å². The minimum absolute atomic E-state index is 0.374. The number of Topliss-reactive ketones (excluding diaryl/α,β-unsaturated/α-hetero) is 1. The van der Waals surface area contributed by atoms with Gasteiger partial charge in [-0.15, -0.1) is 0 Å². The number of allylic oxidation sites excluding steroid dienone is 4. The van der Waals surface area contributed by atoms with Crippen molar-refractivity contribution >= 4 is 17.1 Å². The first kappa shape index (κ1) is 13.1. The van der Waals surface area contributed by atoms with Gasteiger partial charge < -0.3 is 5.11 Å². The summed E-state index contributed by atoms with van der Waals surface area (Å²) in [5, 5.41) is 9.99. The van der Waals surface area contributed by atoms with Crippen LogP contribution in [0.2, 0.25) is 0 Å². The second-order valence-electron chi connectivity index (χ2n) is 4.70. The second-order valence-corrected chi connectivity index (χ2v) is 4.70. The van der Waals surface area contributed by atoms with Gasteiger partial charge in [0.2, 0.25) is 5.78 Å². The predicted octanol–water partition coefficient (Wildman–Crippen LogP) is 3.33. The Balaban J connectivity index is 2.19. The van der Waals surface area contributed by atoms with Gasteiger partial charge in [-0.05, 0) is 28.8 Å². The van der Waals surface area contributed by atoms with Crippen LogP contribution < -0.4 is 0 Å². The quantitative estimate of drug-likeness (QED) is 0.676. The van der Waals surface area contributed by atoms with E-state index in [9.17, 15) is 14.7 Å². The Morgan fingerprint density at radius 1 is 0.714 bits per heavy atom. The molecule has 21 heavy (non-hydrogen) atoms. The summed E-state index contributed by atoms with van der Waals surface area (Å²) in [6.45, 7) is 0. The van der Waals surface area contributed by atoms with Crippen LogP contribution in [-0.2, 0) is 9.59 Å². The summed E-state index contributed by atoms with van der Waals surface area (Å²) in [5.74, 6) is -2.06. The molecule has 0 amide bonds. The Bertz CT molecular complexity index is 783. The molecule has 3 heteroatoms. The molecule has 0 aromatic heterocycles. The number of aliphatic hydroxyl groups is 1. The summed E-state index contributed by atoms with van der Waals surface area (Å²) in [6.07, 6.45) is 2.68. The Labute approximate surface area is 121 Å². The van der Waals surface area contributed by atoms with Crippen molar-refractivity contribution in [2.24, 2.45) is 0 Å². The summed E-state index contributed by atoms with van der Waals surface area (Å²) in [5.41, 5.74) is 2.97. The molecule has 1 aliphatic rings. The fourth-order valence-corrected chi connectivity index (χ4v) is 2.36. The van der Waals surface area contributed by atoms with E-state index in [1.54, 1.807) is 0 Å². The highest BCUT2D eigenvalue weighted by atomic mass is 16.3. The van der Waals surface area contributed by atoms with Crippen LogP contribution in [0.25, 0.3) is 16.7 Å². The molecular weight excluding hydrogens is 264 g/mol. The zero-order chi connectivity index (χ0) is 14.8. The topological polar surface area (TPSA) is 54.4 Å². The minimum Gasteiger partial charge on any atom is -0.504 e. The molecule has 0 heterocycles. The van der Waals surface area contributed by atoms with Crippen LogP contribution in [0.1, 0.15) is 5.56 Å². The largest absolute Gasteiger partial charge is 0.504 e. The fourth-order valence-electron chi connectivity index (χ4n) is 2.36. The zero-order valence-electron chi connectivity index (χ0n) is 11.1. The normalized spacial score (nSPS) is 14.7. The SMILES string of the molecule is O=C1C=CC(c2ccccc2-c2ccccc2)=C(O)C1=O. The van der Waals surface area contributed by atoms with Gasteiger partial charge in [0.25, 0.3) is 5.78 Å². The third-order valence-electron chi connectivity index (χ3n) is 3.40. The van der Waals surface area contributed by atoms with E-state index >= 15 is 0 Å². The number of benzene rings is 2. The third-order valence-corrected chi connectivity index (χ3v) is 3.40. The summed E-state index contributed by atoms with van der Waals surface area (Å²) >= 11 is 0. The highest BCUT2D eigenvalue weighted by Crippen LogP contribution is 2.32. The predicted molar refractivity (Wildman–Crippen MR) is 80.6 cm³/mol. The van der Waals surface area contributed by atoms with Crippen LogP contribution in [0.4, 0.5) is 0 Å². The number of aliphatic hydroxyl groups excluding tert-OH is 1. The Hall–Kier alpha value is -2.94. The third kappa shape index (κ3) is 2.30. The van der Waals surface area contributed by atoms with E-state index in [1.807, 2.05) is 54.6 Å². The number of hydrogen-bond donors (Lipinski definition) is 1. The molecule has 2 aromatic rings. The first-order valence-electron chi connectivity index (χ1n) is 6.53. The lowest BCUT2D eigenvalue weighted by Crippen LogP contribution is -2.18. The van der Waals surface area contributed by atoms with Gasteiger partial charge in [0.1, 0.15) is 0 Å². The molecule has 2 aromatic carbocycles. The van der Waals surface area contributed by atoms with Gasteiger partial charge in [-0.2, -0.15) is 0 Å². The molecule has 0 atom stereocenters. The number of hydrogen-bond acceptors (Lipinski definition) is 3. The van der Waals surface area contributed by atoms with Crippen molar-refractivity contribution < 1.29 is 14.7 Å². The number of carbonyl (C=O) groups is 2. The average molecular weight is 276 g/mol. The zero-order valence-corrected chi connectivity index (χ0v) is 11.1. The maximum Gasteiger partial charge on any atom is 0.267 e. The van der Waals surface area contributed by atoms with E-state index in [0.29, 0.717) is 5.57 Å². The fraction of sp³-hybridized carbons (Fsp3) is 0. The molecule has 0 saturated heterocycles. The smallest absolute Gasteiger partial charge is 0.267 e. The van der Waals surface area contributed by atoms with Gasteiger partial charge in [-0.25, -0.2) is 0 Å². The highest BCUT2D eigenvalue weighted by molar-refractivity contribution is 6.49. The van der Waals surface area contributed by atoms with Crippen LogP contribution >= 0.6 is 0 Å². The summed E-state index contributed by atoms with van der Waals surface area (Å²) in [7, 11) is 0. The number of ketones is 2. The molecule has 0 aliphatic heterocycles. The number of rotatable bonds is 2. The first-order chi connectivity index (χ1) is 10.2. The molecule has 0 spiro atoms. The maximum atomic E-state index is 11.6. The van der Waals surface area contributed by atoms with Crippen LogP contribution in [0.15, 0.2) is 72.5 Å². The molecule has 1 N–H and O–H groups in total. The monoisotopic (exact) mass is 276 g/mol. The molecule has 0 unspecified atom stereocenters. The lowest BCUT2D eigenvalue weighted by atomic mass is 9.90. The summed E-state index contributed by atoms with van der Waals surface area (Å²) in [4.78, 5) is 23.0. The maximum absolute atomic E-state index is 11.6. The van der Waals surface area contributed by atoms with Crippen molar-refractivity contribution in [1.82, 2.24) is 0 Å². The van der Waals surface area contributed by atoms with Crippen LogP contribution in [-0.4, -0.2) is 16.7 Å². The Morgan fingerprint density at radius 2 is 1.33 bits per heavy atom. The van der Waals surface area contributed by atoms with Crippen molar-refractivity contribution in [3.63, 3.8) is 0 Å². The molecule has 102 valence electrons. The van der Waals surface area contributed by atoms with Crippen LogP contribution in [0.3, 0.4) is 0 Å². The first-order valence-corrected chi connectivity index (χ1v) is 6.53. The Kier molecular flexibility index (Phi) is 3.24. The second kappa shape index (κ2) is 5.21. The van der Waals surface area contributed by atoms with E-state index < -0.39 is 17.3 Å². The van der Waals surface area contributed by atoms with Gasteiger partial charge in [0.15, 0.2) is 5.76 Å². The highest BCUT2D eigenvalue weighted by Gasteiger charge is 2.25. The molecule has 3 rings (SSSR count). The summed E-state index contributed by atoms with van der Waals surface area (Å²) < 4.78 is 0. The van der Waals surface area contributed by atoms with E-state index in [4.69, 9.17) is 0 Å². The van der Waals surface area contributed by atoms with Gasteiger partial charge in [0.05, 0.1) is 0 Å². The van der Waals surface area contributed by atoms with Crippen molar-refractivity contribution in [2.45, 2.75) is 0 Å². The molecule has 0 saturated carbocycles. The van der Waals surface area contributed by atoms with E-state index in [1.165, 1.54) is 12.2 Å². The molecule has 3 nitrogen and oxygen atoms in total. The van der Waals surface area contributed by atoms with Gasteiger partial charge >= 0.3 is 0 Å². The molecule has 0 radical (unpaired) electrons. The van der Waals surface area contributed by atoms with Crippen molar-refractivity contribution in [3.05, 3.63) is 78.1 Å². The van der Waals surface area contributed by atoms with Crippen molar-refractivity contribution in [2.75, 3.05) is 0 Å². The lowest BCUT2D eigenvalue weighted by Gasteiger charge is -2.14. The molecule has 1 aliphatic carbocycles. The average Bonchev–Trinajstić information content (AvgIpc) is 2.54. The molecule has 0 bridgehead atoms. The van der Waals surface area contributed by atoms with Gasteiger partial charge in [-0.3, -0.25) is 9.59 Å². The van der Waals surface area contributed by atoms with Crippen molar-refractivity contribution in [3.8, 4) is 11.1 Å². The van der Waals surface area contributed by atoms with Gasteiger partial charge in [0, 0.05) is 5.57 Å². The van der Waals surface area contributed by atoms with Crippen LogP contribution in [0.5, 0.6) is 0 Å². The molecule has 0 fully saturated rings. The minimum atomic E-state index is -0.865. The van der Waals surface area contributed by atoms with Crippen LogP contribution in [0, 0.1) is 0 Å². The van der Waals surface area contributed by atoms with E-state index in [-0.39, 0.29) is 0 Å².